The summed E-state index contributed by atoms with van der Waals surface area (Å²) in [4.78, 5) is 5.67. The summed E-state index contributed by atoms with van der Waals surface area (Å²) in [5.74, 6) is 0. The van der Waals surface area contributed by atoms with Gasteiger partial charge in [-0.2, -0.15) is 4.79 Å². The van der Waals surface area contributed by atoms with Gasteiger partial charge in [0.15, 0.2) is 0 Å². The van der Waals surface area contributed by atoms with Crippen molar-refractivity contribution in [2.75, 3.05) is 13.1 Å². The van der Waals surface area contributed by atoms with E-state index < -0.39 is 0 Å². The predicted octanol–water partition coefficient (Wildman–Crippen LogP) is -2.59. The molecule has 0 fully saturated rings. The van der Waals surface area contributed by atoms with Crippen molar-refractivity contribution in [2.24, 2.45) is 0 Å². The molecule has 6 heteroatoms. The van der Waals surface area contributed by atoms with E-state index in [1.165, 1.54) is 31.4 Å². The number of halogens is 2. The van der Waals surface area contributed by atoms with E-state index in [-0.39, 0.29) is 44.3 Å². The molecule has 3 nitrogen and oxygen atoms in total. The van der Waals surface area contributed by atoms with Crippen molar-refractivity contribution in [3.8, 4) is 0 Å². The maximum absolute atomic E-state index is 8.69. The van der Waals surface area contributed by atoms with Gasteiger partial charge < -0.3 is 35.2 Å². The number of hydrogen-bond donors (Lipinski definition) is 0. The molecular weight excluding hydrogens is 346 g/mol. The topological polar surface area (TPSA) is 39.6 Å². The first-order valence-corrected chi connectivity index (χ1v) is 6.66. The zero-order valence-corrected chi connectivity index (χ0v) is 17.0. The standard InChI is InChI=1S/C14H23N3.2ClH.Zn/c1-3-5-11-17(12-6-4-2)14-9-7-13(16-15)8-10-14;;;/h7,9-10H,3-6,8,11-12H2,1-2H3;2*1H;/q;;;+2/p-2. The number of nitrogens with zero attached hydrogens (tertiary/aromatic N) is 3. The fraction of sp³-hybridized carbons (Fsp3) is 0.643. The molecule has 110 valence electrons. The van der Waals surface area contributed by atoms with E-state index in [2.05, 4.69) is 35.7 Å². The van der Waals surface area contributed by atoms with E-state index in [9.17, 15) is 0 Å². The fourth-order valence-corrected chi connectivity index (χ4v) is 1.90. The summed E-state index contributed by atoms with van der Waals surface area (Å²) in [6, 6.07) is 0. The summed E-state index contributed by atoms with van der Waals surface area (Å²) in [6.45, 7) is 6.69. The predicted molar refractivity (Wildman–Crippen MR) is 71.9 cm³/mol. The molecule has 0 spiro atoms. The van der Waals surface area contributed by atoms with Gasteiger partial charge in [0, 0.05) is 24.9 Å². The molecule has 0 atom stereocenters. The number of rotatable bonds is 7. The van der Waals surface area contributed by atoms with Gasteiger partial charge in [-0.15, -0.1) is 0 Å². The Morgan fingerprint density at radius 2 is 1.65 bits per heavy atom. The van der Waals surface area contributed by atoms with Crippen LogP contribution in [-0.4, -0.2) is 28.5 Å². The summed E-state index contributed by atoms with van der Waals surface area (Å²) in [7, 11) is 0. The largest absolute Gasteiger partial charge is 2.00 e. The molecule has 0 bridgehead atoms. The van der Waals surface area contributed by atoms with Crippen LogP contribution in [0.25, 0.3) is 5.53 Å². The van der Waals surface area contributed by atoms with Crippen LogP contribution >= 0.6 is 0 Å². The minimum atomic E-state index is 0. The van der Waals surface area contributed by atoms with Crippen molar-refractivity contribution in [2.45, 2.75) is 46.0 Å². The van der Waals surface area contributed by atoms with E-state index in [4.69, 9.17) is 5.53 Å². The Balaban J connectivity index is -0.000000963. The van der Waals surface area contributed by atoms with Crippen molar-refractivity contribution < 1.29 is 49.1 Å². The van der Waals surface area contributed by atoms with Gasteiger partial charge in [-0.05, 0) is 25.0 Å². The maximum Gasteiger partial charge on any atom is 2.00 e. The third kappa shape index (κ3) is 8.92. The smallest absolute Gasteiger partial charge is 1.00 e. The second-order valence-corrected chi connectivity index (χ2v) is 4.45. The molecule has 0 aromatic heterocycles. The monoisotopic (exact) mass is 367 g/mol. The summed E-state index contributed by atoms with van der Waals surface area (Å²) in [6.07, 6.45) is 11.8. The molecule has 0 N–H and O–H groups in total. The molecule has 1 aliphatic rings. The average Bonchev–Trinajstić information content (AvgIpc) is 2.39. The molecule has 0 saturated heterocycles. The van der Waals surface area contributed by atoms with Gasteiger partial charge in [-0.1, -0.05) is 26.7 Å². The minimum absolute atomic E-state index is 0. The molecule has 0 unspecified atom stereocenters. The van der Waals surface area contributed by atoms with Gasteiger partial charge in [0.25, 0.3) is 5.71 Å². The first-order chi connectivity index (χ1) is 8.31. The second kappa shape index (κ2) is 15.3. The second-order valence-electron chi connectivity index (χ2n) is 4.45. The molecule has 0 aromatic carbocycles. The molecule has 0 heterocycles. The van der Waals surface area contributed by atoms with Crippen molar-refractivity contribution in [1.82, 2.24) is 4.90 Å². The SMILES string of the molecule is CCCCN(CCCC)C1=CCC(=[N+]=[N-])C=C1.[Cl-].[Cl-].[Zn+2]. The number of allylic oxidation sites excluding steroid dienone is 3. The number of unbranched alkanes of at least 4 members (excludes halogenated alkanes) is 2. The van der Waals surface area contributed by atoms with Crippen LogP contribution in [0.15, 0.2) is 23.9 Å². The first-order valence-electron chi connectivity index (χ1n) is 6.66. The zero-order chi connectivity index (χ0) is 12.5. The molecular formula is C14H23Cl2N3Zn. The molecule has 1 aliphatic carbocycles. The van der Waals surface area contributed by atoms with Crippen LogP contribution < -0.4 is 24.8 Å². The van der Waals surface area contributed by atoms with Crippen LogP contribution in [0.2, 0.25) is 0 Å². The Kier molecular flexibility index (Phi) is 19.0. The van der Waals surface area contributed by atoms with Crippen LogP contribution in [0.4, 0.5) is 0 Å². The van der Waals surface area contributed by atoms with Gasteiger partial charge in [0.1, 0.15) is 0 Å². The van der Waals surface area contributed by atoms with E-state index >= 15 is 0 Å². The van der Waals surface area contributed by atoms with E-state index in [1.807, 2.05) is 6.08 Å². The summed E-state index contributed by atoms with van der Waals surface area (Å²) < 4.78 is 0. The van der Waals surface area contributed by atoms with Crippen LogP contribution in [-0.2, 0) is 19.5 Å². The van der Waals surface area contributed by atoms with Crippen molar-refractivity contribution in [3.63, 3.8) is 0 Å². The van der Waals surface area contributed by atoms with Crippen molar-refractivity contribution in [3.05, 3.63) is 29.5 Å². The summed E-state index contributed by atoms with van der Waals surface area (Å²) >= 11 is 0. The maximum atomic E-state index is 8.69. The molecule has 20 heavy (non-hydrogen) atoms. The van der Waals surface area contributed by atoms with Gasteiger partial charge in [0.2, 0.25) is 0 Å². The molecule has 0 radical (unpaired) electrons. The Bertz CT molecular complexity index is 342. The van der Waals surface area contributed by atoms with E-state index in [0.29, 0.717) is 0 Å². The van der Waals surface area contributed by atoms with Gasteiger partial charge in [-0.3, -0.25) is 0 Å². The van der Waals surface area contributed by atoms with Crippen LogP contribution in [0.1, 0.15) is 46.0 Å². The molecule has 0 amide bonds. The molecule has 0 saturated carbocycles. The fourth-order valence-electron chi connectivity index (χ4n) is 1.90. The van der Waals surface area contributed by atoms with Gasteiger partial charge in [0.05, 0.1) is 6.42 Å². The average molecular weight is 370 g/mol. The van der Waals surface area contributed by atoms with Crippen LogP contribution in [0, 0.1) is 0 Å². The minimum Gasteiger partial charge on any atom is -1.00 e. The van der Waals surface area contributed by atoms with Gasteiger partial charge in [-0.25, -0.2) is 0 Å². The quantitative estimate of drug-likeness (QED) is 0.276. The Morgan fingerprint density at radius 3 is 2.00 bits per heavy atom. The Hall–Kier alpha value is -0.137. The van der Waals surface area contributed by atoms with Crippen LogP contribution in [0.3, 0.4) is 0 Å². The third-order valence-electron chi connectivity index (χ3n) is 3.02. The Labute approximate surface area is 148 Å². The van der Waals surface area contributed by atoms with Crippen molar-refractivity contribution in [1.29, 1.82) is 0 Å². The molecule has 1 rings (SSSR count). The van der Waals surface area contributed by atoms with Gasteiger partial charge >= 0.3 is 19.5 Å². The zero-order valence-electron chi connectivity index (χ0n) is 12.5. The molecule has 0 aliphatic heterocycles. The third-order valence-corrected chi connectivity index (χ3v) is 3.02. The van der Waals surface area contributed by atoms with E-state index in [0.717, 1.165) is 25.2 Å². The summed E-state index contributed by atoms with van der Waals surface area (Å²) in [5, 5.41) is 0. The van der Waals surface area contributed by atoms with Crippen molar-refractivity contribution >= 4 is 5.71 Å². The van der Waals surface area contributed by atoms with E-state index in [1.54, 1.807) is 0 Å². The number of hydrogen-bond acceptors (Lipinski definition) is 1. The molecule has 0 aromatic rings. The summed E-state index contributed by atoms with van der Waals surface area (Å²) in [5.41, 5.74) is 10.7. The Morgan fingerprint density at radius 1 is 1.10 bits per heavy atom. The first kappa shape index (κ1) is 24.9. The normalized spacial score (nSPS) is 12.3. The van der Waals surface area contributed by atoms with Crippen LogP contribution in [0.5, 0.6) is 0 Å².